The monoisotopic (exact) mass is 618 g/mol. The molecule has 0 N–H and O–H groups in total. The molecule has 43 heavy (non-hydrogen) atoms. The van der Waals surface area contributed by atoms with Crippen LogP contribution in [0.5, 0.6) is 0 Å². The molecule has 4 aromatic rings. The average Bonchev–Trinajstić information content (AvgIpc) is 3.68. The van der Waals surface area contributed by atoms with Crippen LogP contribution in [-0.4, -0.2) is 96.5 Å². The highest BCUT2D eigenvalue weighted by Crippen LogP contribution is 2.40. The van der Waals surface area contributed by atoms with Crippen LogP contribution < -0.4 is 0 Å². The van der Waals surface area contributed by atoms with Crippen molar-refractivity contribution in [3.63, 3.8) is 0 Å². The number of hydrogen-bond acceptors (Lipinski definition) is 8. The number of piperidine rings is 1. The number of rotatable bonds is 6. The normalized spacial score (nSPS) is 23.7. The molecule has 0 radical (unpaired) electrons. The molecule has 2 aliphatic heterocycles. The minimum absolute atomic E-state index is 0.261. The van der Waals surface area contributed by atoms with Crippen LogP contribution in [0.1, 0.15) is 60.9 Å². The Morgan fingerprint density at radius 1 is 0.837 bits per heavy atom. The van der Waals surface area contributed by atoms with E-state index in [1.54, 1.807) is 41.8 Å². The first-order valence-corrected chi connectivity index (χ1v) is 18.1. The molecule has 10 heteroatoms. The summed E-state index contributed by atoms with van der Waals surface area (Å²) in [6.07, 6.45) is 10.6. The summed E-state index contributed by atoms with van der Waals surface area (Å²) in [7, 11) is 0.570. The standard InChI is InChI=1S/C33H42N6O2S2/c1-36-14-12-25(13-15-36)33-35-31(23-42-33)30-22-39(43(40,41)28-6-4-3-5-7-28)32-29(30)20-26(21-34-32)24-8-10-27(11-9-24)38-18-16-37(2)17-19-38/h3-7,20-25,27H,8-19H2,1-2H3. The van der Waals surface area contributed by atoms with Crippen molar-refractivity contribution < 1.29 is 8.42 Å². The predicted octanol–water partition coefficient (Wildman–Crippen LogP) is 5.48. The van der Waals surface area contributed by atoms with E-state index in [0.29, 0.717) is 23.5 Å². The van der Waals surface area contributed by atoms with Crippen LogP contribution in [0.2, 0.25) is 0 Å². The Morgan fingerprint density at radius 2 is 1.53 bits per heavy atom. The Morgan fingerprint density at radius 3 is 2.26 bits per heavy atom. The van der Waals surface area contributed by atoms with E-state index >= 15 is 0 Å². The van der Waals surface area contributed by atoms with E-state index in [4.69, 9.17) is 9.97 Å². The van der Waals surface area contributed by atoms with Gasteiger partial charge in [-0.2, -0.15) is 0 Å². The lowest BCUT2D eigenvalue weighted by molar-refractivity contribution is 0.0878. The van der Waals surface area contributed by atoms with Crippen molar-refractivity contribution in [3.05, 3.63) is 64.7 Å². The second-order valence-corrected chi connectivity index (χ2v) is 15.5. The van der Waals surface area contributed by atoms with E-state index in [9.17, 15) is 8.42 Å². The average molecular weight is 619 g/mol. The molecule has 1 saturated carbocycles. The molecule has 5 heterocycles. The first kappa shape index (κ1) is 29.1. The van der Waals surface area contributed by atoms with Gasteiger partial charge in [0.1, 0.15) is 0 Å². The van der Waals surface area contributed by atoms with Gasteiger partial charge in [-0.05, 0) is 95.4 Å². The summed E-state index contributed by atoms with van der Waals surface area (Å²) in [5.41, 5.74) is 3.39. The molecule has 0 spiro atoms. The van der Waals surface area contributed by atoms with Crippen LogP contribution in [0.4, 0.5) is 0 Å². The van der Waals surface area contributed by atoms with Crippen LogP contribution in [0.25, 0.3) is 22.3 Å². The molecule has 7 rings (SSSR count). The first-order valence-electron chi connectivity index (χ1n) is 15.8. The Labute approximate surface area is 259 Å². The van der Waals surface area contributed by atoms with E-state index in [0.717, 1.165) is 73.5 Å². The van der Waals surface area contributed by atoms with Gasteiger partial charge in [-0.25, -0.2) is 22.4 Å². The summed E-state index contributed by atoms with van der Waals surface area (Å²) in [6, 6.07) is 11.5. The number of fused-ring (bicyclic) bond motifs is 1. The quantitative estimate of drug-likeness (QED) is 0.283. The van der Waals surface area contributed by atoms with E-state index in [2.05, 4.69) is 40.2 Å². The topological polar surface area (TPSA) is 74.6 Å². The smallest absolute Gasteiger partial charge is 0.269 e. The summed E-state index contributed by atoms with van der Waals surface area (Å²) in [5, 5.41) is 4.13. The molecule has 0 unspecified atom stereocenters. The van der Waals surface area contributed by atoms with Gasteiger partial charge in [0.2, 0.25) is 0 Å². The molecule has 0 amide bonds. The molecule has 0 atom stereocenters. The molecule has 2 saturated heterocycles. The van der Waals surface area contributed by atoms with Gasteiger partial charge in [-0.1, -0.05) is 18.2 Å². The third kappa shape index (κ3) is 5.80. The van der Waals surface area contributed by atoms with Gasteiger partial charge in [0.15, 0.2) is 5.65 Å². The zero-order chi connectivity index (χ0) is 29.6. The minimum atomic E-state index is -3.82. The van der Waals surface area contributed by atoms with Crippen LogP contribution in [0, 0.1) is 0 Å². The van der Waals surface area contributed by atoms with Gasteiger partial charge in [0.25, 0.3) is 10.0 Å². The van der Waals surface area contributed by atoms with E-state index in [1.165, 1.54) is 35.5 Å². The van der Waals surface area contributed by atoms with Crippen molar-refractivity contribution in [2.24, 2.45) is 0 Å². The van der Waals surface area contributed by atoms with Gasteiger partial charge in [-0.15, -0.1) is 11.3 Å². The Hall–Kier alpha value is -2.63. The zero-order valence-electron chi connectivity index (χ0n) is 25.2. The number of thiazole rings is 1. The SMILES string of the molecule is CN1CCC(c2nc(-c3cn(S(=O)(=O)c4ccccc4)c4ncc(C5CCC(N6CCN(C)CC6)CC5)cc34)cs2)CC1. The molecule has 3 aliphatic rings. The number of piperazine rings is 1. The van der Waals surface area contributed by atoms with Gasteiger partial charge < -0.3 is 9.80 Å². The number of likely N-dealkylation sites (tertiary alicyclic amines) is 1. The van der Waals surface area contributed by atoms with Gasteiger partial charge in [0, 0.05) is 66.9 Å². The van der Waals surface area contributed by atoms with Crippen molar-refractivity contribution in [1.29, 1.82) is 0 Å². The number of pyridine rings is 1. The maximum Gasteiger partial charge on any atom is 0.269 e. The Kier molecular flexibility index (Phi) is 8.15. The van der Waals surface area contributed by atoms with Crippen molar-refractivity contribution >= 4 is 32.4 Å². The van der Waals surface area contributed by atoms with Crippen LogP contribution in [0.15, 0.2) is 59.1 Å². The lowest BCUT2D eigenvalue weighted by Crippen LogP contribution is -2.49. The maximum atomic E-state index is 13.9. The number of benzene rings is 1. The van der Waals surface area contributed by atoms with Crippen molar-refractivity contribution in [2.45, 2.75) is 61.3 Å². The highest BCUT2D eigenvalue weighted by atomic mass is 32.2. The first-order chi connectivity index (χ1) is 20.9. The molecule has 1 aromatic carbocycles. The molecule has 228 valence electrons. The van der Waals surface area contributed by atoms with Crippen LogP contribution >= 0.6 is 11.3 Å². The number of nitrogens with zero attached hydrogens (tertiary/aromatic N) is 6. The highest BCUT2D eigenvalue weighted by Gasteiger charge is 2.30. The van der Waals surface area contributed by atoms with E-state index < -0.39 is 10.0 Å². The number of hydrogen-bond donors (Lipinski definition) is 0. The lowest BCUT2D eigenvalue weighted by atomic mass is 9.81. The third-order valence-corrected chi connectivity index (χ3v) is 12.7. The summed E-state index contributed by atoms with van der Waals surface area (Å²) >= 11 is 1.70. The summed E-state index contributed by atoms with van der Waals surface area (Å²) in [5.74, 6) is 0.897. The summed E-state index contributed by atoms with van der Waals surface area (Å²) in [6.45, 7) is 6.81. The summed E-state index contributed by atoms with van der Waals surface area (Å²) < 4.78 is 29.1. The maximum absolute atomic E-state index is 13.9. The van der Waals surface area contributed by atoms with E-state index in [-0.39, 0.29) is 4.90 Å². The highest BCUT2D eigenvalue weighted by molar-refractivity contribution is 7.90. The summed E-state index contributed by atoms with van der Waals surface area (Å²) in [4.78, 5) is 17.7. The molecule has 1 aliphatic carbocycles. The molecule has 8 nitrogen and oxygen atoms in total. The van der Waals surface area contributed by atoms with E-state index in [1.807, 2.05) is 12.3 Å². The second kappa shape index (κ2) is 12.0. The Balaban J connectivity index is 1.22. The molecular formula is C33H42N6O2S2. The zero-order valence-corrected chi connectivity index (χ0v) is 26.9. The fourth-order valence-corrected chi connectivity index (χ4v) is 9.56. The van der Waals surface area contributed by atoms with Crippen molar-refractivity contribution in [3.8, 4) is 11.3 Å². The fourth-order valence-electron chi connectivity index (χ4n) is 7.23. The Bertz CT molecular complexity index is 1660. The minimum Gasteiger partial charge on any atom is -0.306 e. The van der Waals surface area contributed by atoms with Crippen LogP contribution in [0.3, 0.4) is 0 Å². The van der Waals surface area contributed by atoms with Crippen molar-refractivity contribution in [2.75, 3.05) is 53.4 Å². The largest absolute Gasteiger partial charge is 0.306 e. The molecular weight excluding hydrogens is 577 g/mol. The number of likely N-dealkylation sites (N-methyl/N-ethyl adjacent to an activating group) is 1. The molecule has 0 bridgehead atoms. The van der Waals surface area contributed by atoms with Gasteiger partial charge in [0.05, 0.1) is 15.6 Å². The van der Waals surface area contributed by atoms with Crippen LogP contribution in [-0.2, 0) is 10.0 Å². The molecule has 3 aromatic heterocycles. The molecule has 3 fully saturated rings. The van der Waals surface area contributed by atoms with Gasteiger partial charge >= 0.3 is 0 Å². The third-order valence-electron chi connectivity index (χ3n) is 10.0. The lowest BCUT2D eigenvalue weighted by Gasteiger charge is -2.41. The van der Waals surface area contributed by atoms with Gasteiger partial charge in [-0.3, -0.25) is 4.90 Å². The number of aromatic nitrogens is 3. The fraction of sp³-hybridized carbons (Fsp3) is 0.515. The second-order valence-electron chi connectivity index (χ2n) is 12.8. The predicted molar refractivity (Wildman–Crippen MR) is 173 cm³/mol. The van der Waals surface area contributed by atoms with Crippen molar-refractivity contribution in [1.82, 2.24) is 28.6 Å².